The smallest absolute Gasteiger partial charge is 0.236 e. The molecule has 0 aliphatic heterocycles. The Morgan fingerprint density at radius 1 is 1.57 bits per heavy atom. The molecule has 1 amide bonds. The molecule has 0 heterocycles. The SMILES string of the molecule is CCN(C)C(=O)CNC(C)CCOC. The summed E-state index contributed by atoms with van der Waals surface area (Å²) in [7, 11) is 3.49. The fraction of sp³-hybridized carbons (Fsp3) is 0.900. The number of carbonyl (C=O) groups excluding carboxylic acids is 1. The molecule has 84 valence electrons. The molecule has 0 fully saturated rings. The van der Waals surface area contributed by atoms with Crippen molar-refractivity contribution >= 4 is 5.91 Å². The van der Waals surface area contributed by atoms with Crippen LogP contribution in [0.1, 0.15) is 20.3 Å². The van der Waals surface area contributed by atoms with E-state index in [1.807, 2.05) is 14.0 Å². The first-order valence-corrected chi connectivity index (χ1v) is 5.08. The topological polar surface area (TPSA) is 41.6 Å². The lowest BCUT2D eigenvalue weighted by molar-refractivity contribution is -0.128. The average molecular weight is 202 g/mol. The maximum atomic E-state index is 11.4. The van der Waals surface area contributed by atoms with Crippen molar-refractivity contribution in [1.82, 2.24) is 10.2 Å². The van der Waals surface area contributed by atoms with E-state index in [1.54, 1.807) is 12.0 Å². The van der Waals surface area contributed by atoms with Crippen molar-refractivity contribution < 1.29 is 9.53 Å². The number of ether oxygens (including phenoxy) is 1. The summed E-state index contributed by atoms with van der Waals surface area (Å²) in [6.07, 6.45) is 0.930. The highest BCUT2D eigenvalue weighted by Gasteiger charge is 2.07. The summed E-state index contributed by atoms with van der Waals surface area (Å²) in [6, 6.07) is 0.323. The second kappa shape index (κ2) is 7.76. The lowest BCUT2D eigenvalue weighted by atomic mass is 10.2. The van der Waals surface area contributed by atoms with Crippen molar-refractivity contribution in [2.45, 2.75) is 26.3 Å². The number of amides is 1. The fourth-order valence-corrected chi connectivity index (χ4v) is 0.970. The molecule has 0 aliphatic carbocycles. The van der Waals surface area contributed by atoms with Gasteiger partial charge < -0.3 is 15.0 Å². The van der Waals surface area contributed by atoms with Gasteiger partial charge in [-0.3, -0.25) is 4.79 Å². The summed E-state index contributed by atoms with van der Waals surface area (Å²) in [6.45, 7) is 5.92. The summed E-state index contributed by atoms with van der Waals surface area (Å²) in [5.41, 5.74) is 0. The van der Waals surface area contributed by atoms with E-state index in [1.165, 1.54) is 0 Å². The maximum Gasteiger partial charge on any atom is 0.236 e. The number of methoxy groups -OCH3 is 1. The standard InChI is InChI=1S/C10H22N2O2/c1-5-12(3)10(13)8-11-9(2)6-7-14-4/h9,11H,5-8H2,1-4H3. The number of hydrogen-bond acceptors (Lipinski definition) is 3. The van der Waals surface area contributed by atoms with E-state index in [2.05, 4.69) is 12.2 Å². The van der Waals surface area contributed by atoms with Crippen LogP contribution in [0.15, 0.2) is 0 Å². The number of likely N-dealkylation sites (N-methyl/N-ethyl adjacent to an activating group) is 1. The molecular formula is C10H22N2O2. The molecule has 1 unspecified atom stereocenters. The van der Waals surface area contributed by atoms with E-state index < -0.39 is 0 Å². The van der Waals surface area contributed by atoms with E-state index >= 15 is 0 Å². The van der Waals surface area contributed by atoms with Crippen LogP contribution in [0.3, 0.4) is 0 Å². The number of hydrogen-bond donors (Lipinski definition) is 1. The van der Waals surface area contributed by atoms with Crippen molar-refractivity contribution in [3.63, 3.8) is 0 Å². The molecule has 0 aromatic carbocycles. The molecule has 0 spiro atoms. The maximum absolute atomic E-state index is 11.4. The first kappa shape index (κ1) is 13.4. The Bertz CT molecular complexity index is 162. The minimum atomic E-state index is 0.136. The third kappa shape index (κ3) is 5.94. The van der Waals surface area contributed by atoms with Gasteiger partial charge in [0.25, 0.3) is 0 Å². The lowest BCUT2D eigenvalue weighted by Crippen LogP contribution is -2.39. The number of rotatable bonds is 7. The Balaban J connectivity index is 3.55. The van der Waals surface area contributed by atoms with E-state index in [-0.39, 0.29) is 5.91 Å². The van der Waals surface area contributed by atoms with Crippen molar-refractivity contribution in [3.8, 4) is 0 Å². The zero-order chi connectivity index (χ0) is 11.0. The second-order valence-corrected chi connectivity index (χ2v) is 3.47. The number of nitrogens with zero attached hydrogens (tertiary/aromatic N) is 1. The quantitative estimate of drug-likeness (QED) is 0.653. The van der Waals surface area contributed by atoms with Gasteiger partial charge in [-0.05, 0) is 20.3 Å². The molecular weight excluding hydrogens is 180 g/mol. The van der Waals surface area contributed by atoms with Crippen LogP contribution in [0.4, 0.5) is 0 Å². The van der Waals surface area contributed by atoms with Gasteiger partial charge in [0, 0.05) is 33.4 Å². The van der Waals surface area contributed by atoms with Crippen LogP contribution in [0.5, 0.6) is 0 Å². The average Bonchev–Trinajstić information content (AvgIpc) is 2.21. The first-order valence-electron chi connectivity index (χ1n) is 5.08. The van der Waals surface area contributed by atoms with Crippen molar-refractivity contribution in [2.75, 3.05) is 33.9 Å². The molecule has 14 heavy (non-hydrogen) atoms. The highest BCUT2D eigenvalue weighted by molar-refractivity contribution is 5.77. The van der Waals surface area contributed by atoms with Crippen LogP contribution >= 0.6 is 0 Å². The van der Waals surface area contributed by atoms with E-state index in [0.717, 1.165) is 19.6 Å². The van der Waals surface area contributed by atoms with Crippen molar-refractivity contribution in [2.24, 2.45) is 0 Å². The minimum absolute atomic E-state index is 0.136. The molecule has 1 atom stereocenters. The number of nitrogens with one attached hydrogen (secondary N) is 1. The normalized spacial score (nSPS) is 12.6. The van der Waals surface area contributed by atoms with E-state index in [4.69, 9.17) is 4.74 Å². The molecule has 4 nitrogen and oxygen atoms in total. The highest BCUT2D eigenvalue weighted by atomic mass is 16.5. The minimum Gasteiger partial charge on any atom is -0.385 e. The summed E-state index contributed by atoms with van der Waals surface area (Å²) >= 11 is 0. The predicted octanol–water partition coefficient (Wildman–Crippen LogP) is 0.479. The van der Waals surface area contributed by atoms with Crippen LogP contribution in [0, 0.1) is 0 Å². The third-order valence-electron chi connectivity index (χ3n) is 2.26. The van der Waals surface area contributed by atoms with Gasteiger partial charge >= 0.3 is 0 Å². The Labute approximate surface area is 86.6 Å². The molecule has 4 heteroatoms. The molecule has 0 aliphatic rings. The van der Waals surface area contributed by atoms with Gasteiger partial charge in [0.2, 0.25) is 5.91 Å². The Hall–Kier alpha value is -0.610. The highest BCUT2D eigenvalue weighted by Crippen LogP contribution is 1.91. The van der Waals surface area contributed by atoms with Crippen LogP contribution < -0.4 is 5.32 Å². The van der Waals surface area contributed by atoms with Gasteiger partial charge in [0.15, 0.2) is 0 Å². The zero-order valence-electron chi connectivity index (χ0n) is 9.67. The predicted molar refractivity (Wildman–Crippen MR) is 57.3 cm³/mol. The fourth-order valence-electron chi connectivity index (χ4n) is 0.970. The van der Waals surface area contributed by atoms with E-state index in [9.17, 15) is 4.79 Å². The lowest BCUT2D eigenvalue weighted by Gasteiger charge is -2.17. The Morgan fingerprint density at radius 3 is 2.71 bits per heavy atom. The van der Waals surface area contributed by atoms with E-state index in [0.29, 0.717) is 12.6 Å². The molecule has 0 bridgehead atoms. The van der Waals surface area contributed by atoms with Gasteiger partial charge in [0.05, 0.1) is 6.54 Å². The molecule has 0 aromatic heterocycles. The largest absolute Gasteiger partial charge is 0.385 e. The van der Waals surface area contributed by atoms with Gasteiger partial charge in [-0.2, -0.15) is 0 Å². The third-order valence-corrected chi connectivity index (χ3v) is 2.26. The Kier molecular flexibility index (Phi) is 7.42. The van der Waals surface area contributed by atoms with Gasteiger partial charge in [0.1, 0.15) is 0 Å². The summed E-state index contributed by atoms with van der Waals surface area (Å²) < 4.78 is 4.95. The molecule has 0 rings (SSSR count). The molecule has 1 N–H and O–H groups in total. The van der Waals surface area contributed by atoms with Crippen LogP contribution in [-0.2, 0) is 9.53 Å². The Morgan fingerprint density at radius 2 is 2.21 bits per heavy atom. The van der Waals surface area contributed by atoms with Crippen molar-refractivity contribution in [3.05, 3.63) is 0 Å². The summed E-state index contributed by atoms with van der Waals surface area (Å²) in [5.74, 6) is 0.136. The van der Waals surface area contributed by atoms with Gasteiger partial charge in [-0.15, -0.1) is 0 Å². The van der Waals surface area contributed by atoms with Crippen LogP contribution in [-0.4, -0.2) is 50.7 Å². The molecule has 0 saturated carbocycles. The number of carbonyl (C=O) groups is 1. The monoisotopic (exact) mass is 202 g/mol. The van der Waals surface area contributed by atoms with Crippen LogP contribution in [0.25, 0.3) is 0 Å². The first-order chi connectivity index (χ1) is 6.61. The second-order valence-electron chi connectivity index (χ2n) is 3.47. The van der Waals surface area contributed by atoms with Crippen LogP contribution in [0.2, 0.25) is 0 Å². The molecule has 0 saturated heterocycles. The van der Waals surface area contributed by atoms with Gasteiger partial charge in [-0.25, -0.2) is 0 Å². The van der Waals surface area contributed by atoms with Crippen molar-refractivity contribution in [1.29, 1.82) is 0 Å². The molecule has 0 aromatic rings. The summed E-state index contributed by atoms with van der Waals surface area (Å²) in [5, 5.41) is 3.16. The van der Waals surface area contributed by atoms with Gasteiger partial charge in [-0.1, -0.05) is 0 Å². The summed E-state index contributed by atoms with van der Waals surface area (Å²) in [4.78, 5) is 13.1. The zero-order valence-corrected chi connectivity index (χ0v) is 9.67. The molecule has 0 radical (unpaired) electrons.